The predicted octanol–water partition coefficient (Wildman–Crippen LogP) is 5.82. The van der Waals surface area contributed by atoms with Crippen molar-refractivity contribution < 1.29 is 14.6 Å². The first-order valence-electron chi connectivity index (χ1n) is 11.0. The number of methoxy groups -OCH3 is 1. The molecule has 3 aromatic carbocycles. The Morgan fingerprint density at radius 2 is 1.61 bits per heavy atom. The minimum Gasteiger partial charge on any atom is -0.508 e. The van der Waals surface area contributed by atoms with Crippen LogP contribution in [0.4, 0.5) is 0 Å². The molecule has 164 valence electrons. The Kier molecular flexibility index (Phi) is 8.80. The Balaban J connectivity index is 1.66. The minimum absolute atomic E-state index is 0.317. The molecular weight excluding hydrogens is 386 g/mol. The number of aromatic hydroxyl groups is 1. The summed E-state index contributed by atoms with van der Waals surface area (Å²) in [6, 6.07) is 23.8. The van der Waals surface area contributed by atoms with Gasteiger partial charge in [0.05, 0.1) is 7.11 Å². The number of aryl methyl sites for hydroxylation is 1. The molecular formula is C27H33NO3. The van der Waals surface area contributed by atoms with Gasteiger partial charge in [0.15, 0.2) is 11.5 Å². The molecule has 0 spiro atoms. The van der Waals surface area contributed by atoms with Crippen LogP contribution in [-0.2, 0) is 19.6 Å². The monoisotopic (exact) mass is 419 g/mol. The molecule has 0 aliphatic heterocycles. The van der Waals surface area contributed by atoms with E-state index in [0.717, 1.165) is 61.5 Å². The predicted molar refractivity (Wildman–Crippen MR) is 126 cm³/mol. The second-order valence-corrected chi connectivity index (χ2v) is 7.77. The van der Waals surface area contributed by atoms with Gasteiger partial charge in [0.2, 0.25) is 0 Å². The molecule has 0 atom stereocenters. The van der Waals surface area contributed by atoms with Crippen LogP contribution in [0.15, 0.2) is 72.8 Å². The summed E-state index contributed by atoms with van der Waals surface area (Å²) < 4.78 is 11.8. The number of benzene rings is 3. The third-order valence-corrected chi connectivity index (χ3v) is 5.32. The molecule has 0 aliphatic rings. The molecule has 4 heteroatoms. The maximum atomic E-state index is 9.46. The maximum Gasteiger partial charge on any atom is 0.166 e. The topological polar surface area (TPSA) is 41.9 Å². The summed E-state index contributed by atoms with van der Waals surface area (Å²) in [7, 11) is 1.69. The molecule has 0 amide bonds. The van der Waals surface area contributed by atoms with Gasteiger partial charge >= 0.3 is 0 Å². The van der Waals surface area contributed by atoms with E-state index in [4.69, 9.17) is 9.47 Å². The number of rotatable bonds is 12. The fourth-order valence-corrected chi connectivity index (χ4v) is 3.74. The molecule has 31 heavy (non-hydrogen) atoms. The van der Waals surface area contributed by atoms with Crippen LogP contribution in [0.1, 0.15) is 36.5 Å². The lowest BCUT2D eigenvalue weighted by molar-refractivity contribution is 0.245. The van der Waals surface area contributed by atoms with Crippen LogP contribution in [0.25, 0.3) is 0 Å². The molecule has 0 bridgehead atoms. The zero-order valence-corrected chi connectivity index (χ0v) is 18.6. The van der Waals surface area contributed by atoms with E-state index in [-0.39, 0.29) is 0 Å². The molecule has 0 aromatic heterocycles. The highest BCUT2D eigenvalue weighted by Gasteiger charge is 2.14. The second-order valence-electron chi connectivity index (χ2n) is 7.77. The number of hydrogen-bond acceptors (Lipinski definition) is 4. The number of phenolic OH excluding ortho intramolecular Hbond substituents is 1. The fourth-order valence-electron chi connectivity index (χ4n) is 3.74. The van der Waals surface area contributed by atoms with E-state index in [2.05, 4.69) is 30.0 Å². The van der Waals surface area contributed by atoms with Crippen LogP contribution >= 0.6 is 0 Å². The van der Waals surface area contributed by atoms with E-state index in [0.29, 0.717) is 12.4 Å². The molecule has 3 aromatic rings. The molecule has 0 fully saturated rings. The van der Waals surface area contributed by atoms with Crippen molar-refractivity contribution in [2.24, 2.45) is 0 Å². The highest BCUT2D eigenvalue weighted by molar-refractivity contribution is 5.46. The van der Waals surface area contributed by atoms with E-state index < -0.39 is 0 Å². The molecule has 0 saturated heterocycles. The summed E-state index contributed by atoms with van der Waals surface area (Å²) >= 11 is 0. The third-order valence-electron chi connectivity index (χ3n) is 5.32. The van der Waals surface area contributed by atoms with Crippen molar-refractivity contribution in [1.82, 2.24) is 4.90 Å². The standard InChI is InChI=1S/C27H33NO3/c1-3-18-28(19-8-11-22-14-16-25(29)17-15-22)20-24-12-7-13-26(30-2)27(24)31-21-23-9-5-4-6-10-23/h4-7,9-10,12-17,29H,3,8,11,18-21H2,1-2H3. The molecule has 0 aliphatic carbocycles. The van der Waals surface area contributed by atoms with Crippen molar-refractivity contribution in [1.29, 1.82) is 0 Å². The normalized spacial score (nSPS) is 10.9. The van der Waals surface area contributed by atoms with E-state index in [1.807, 2.05) is 42.5 Å². The Morgan fingerprint density at radius 1 is 0.839 bits per heavy atom. The second kappa shape index (κ2) is 12.0. The average molecular weight is 420 g/mol. The van der Waals surface area contributed by atoms with Crippen LogP contribution in [0.5, 0.6) is 17.2 Å². The van der Waals surface area contributed by atoms with Crippen molar-refractivity contribution in [3.8, 4) is 17.2 Å². The third kappa shape index (κ3) is 7.04. The number of ether oxygens (including phenoxy) is 2. The first-order chi connectivity index (χ1) is 15.2. The van der Waals surface area contributed by atoms with Crippen LogP contribution in [-0.4, -0.2) is 30.2 Å². The number of para-hydroxylation sites is 1. The highest BCUT2D eigenvalue weighted by Crippen LogP contribution is 2.33. The summed E-state index contributed by atoms with van der Waals surface area (Å²) in [5, 5.41) is 9.46. The lowest BCUT2D eigenvalue weighted by Crippen LogP contribution is -2.26. The van der Waals surface area contributed by atoms with Crippen molar-refractivity contribution in [2.75, 3.05) is 20.2 Å². The smallest absolute Gasteiger partial charge is 0.166 e. The van der Waals surface area contributed by atoms with E-state index in [1.165, 1.54) is 5.56 Å². The van der Waals surface area contributed by atoms with Crippen LogP contribution in [0.2, 0.25) is 0 Å². The van der Waals surface area contributed by atoms with E-state index >= 15 is 0 Å². The zero-order chi connectivity index (χ0) is 21.9. The van der Waals surface area contributed by atoms with Gasteiger partial charge in [0.25, 0.3) is 0 Å². The van der Waals surface area contributed by atoms with Gasteiger partial charge in [0.1, 0.15) is 12.4 Å². The number of nitrogens with zero attached hydrogens (tertiary/aromatic N) is 1. The highest BCUT2D eigenvalue weighted by atomic mass is 16.5. The molecule has 4 nitrogen and oxygen atoms in total. The van der Waals surface area contributed by atoms with Crippen LogP contribution in [0, 0.1) is 0 Å². The molecule has 0 unspecified atom stereocenters. The first kappa shape index (κ1) is 22.7. The van der Waals surface area contributed by atoms with Gasteiger partial charge in [-0.15, -0.1) is 0 Å². The summed E-state index contributed by atoms with van der Waals surface area (Å²) in [4.78, 5) is 2.48. The Bertz CT molecular complexity index is 910. The summed E-state index contributed by atoms with van der Waals surface area (Å²) in [6.45, 7) is 5.59. The Hall–Kier alpha value is -2.98. The Labute approximate surface area is 186 Å². The van der Waals surface area contributed by atoms with Gasteiger partial charge in [-0.3, -0.25) is 4.90 Å². The maximum absolute atomic E-state index is 9.46. The van der Waals surface area contributed by atoms with Gasteiger partial charge in [0, 0.05) is 12.1 Å². The number of phenols is 1. The summed E-state index contributed by atoms with van der Waals surface area (Å²) in [5.74, 6) is 1.92. The molecule has 1 N–H and O–H groups in total. The summed E-state index contributed by atoms with van der Waals surface area (Å²) in [6.07, 6.45) is 3.16. The first-order valence-corrected chi connectivity index (χ1v) is 11.0. The minimum atomic E-state index is 0.317. The number of hydrogen-bond donors (Lipinski definition) is 1. The van der Waals surface area contributed by atoms with Crippen molar-refractivity contribution >= 4 is 0 Å². The van der Waals surface area contributed by atoms with Crippen LogP contribution in [0.3, 0.4) is 0 Å². The lowest BCUT2D eigenvalue weighted by Gasteiger charge is -2.24. The largest absolute Gasteiger partial charge is 0.508 e. The fraction of sp³-hybridized carbons (Fsp3) is 0.333. The van der Waals surface area contributed by atoms with Crippen molar-refractivity contribution in [3.05, 3.63) is 89.5 Å². The molecule has 3 rings (SSSR count). The van der Waals surface area contributed by atoms with Gasteiger partial charge in [-0.05, 0) is 61.7 Å². The quantitative estimate of drug-likeness (QED) is 0.401. The Morgan fingerprint density at radius 3 is 2.32 bits per heavy atom. The van der Waals surface area contributed by atoms with E-state index in [1.54, 1.807) is 19.2 Å². The van der Waals surface area contributed by atoms with Gasteiger partial charge in [-0.25, -0.2) is 0 Å². The van der Waals surface area contributed by atoms with Gasteiger partial charge < -0.3 is 14.6 Å². The van der Waals surface area contributed by atoms with Crippen molar-refractivity contribution in [2.45, 2.75) is 39.3 Å². The average Bonchev–Trinajstić information content (AvgIpc) is 2.80. The van der Waals surface area contributed by atoms with E-state index in [9.17, 15) is 5.11 Å². The van der Waals surface area contributed by atoms with Gasteiger partial charge in [-0.2, -0.15) is 0 Å². The SMILES string of the molecule is CCCN(CCCc1ccc(O)cc1)Cc1cccc(OC)c1OCc1ccccc1. The molecule has 0 radical (unpaired) electrons. The summed E-state index contributed by atoms with van der Waals surface area (Å²) in [5.41, 5.74) is 3.54. The molecule has 0 heterocycles. The van der Waals surface area contributed by atoms with Crippen LogP contribution < -0.4 is 9.47 Å². The zero-order valence-electron chi connectivity index (χ0n) is 18.6. The molecule has 0 saturated carbocycles. The van der Waals surface area contributed by atoms with Crippen molar-refractivity contribution in [3.63, 3.8) is 0 Å². The van der Waals surface area contributed by atoms with Gasteiger partial charge in [-0.1, -0.05) is 61.5 Å². The lowest BCUT2D eigenvalue weighted by atomic mass is 10.1.